The summed E-state index contributed by atoms with van der Waals surface area (Å²) in [4.78, 5) is 14.8. The molecule has 20 heavy (non-hydrogen) atoms. The van der Waals surface area contributed by atoms with Gasteiger partial charge in [0.25, 0.3) is 0 Å². The van der Waals surface area contributed by atoms with Crippen molar-refractivity contribution < 1.29 is 4.74 Å². The van der Waals surface area contributed by atoms with Crippen molar-refractivity contribution in [2.75, 3.05) is 25.1 Å². The zero-order chi connectivity index (χ0) is 14.5. The van der Waals surface area contributed by atoms with Gasteiger partial charge < -0.3 is 9.64 Å². The van der Waals surface area contributed by atoms with Crippen LogP contribution in [0.1, 0.15) is 26.7 Å². The number of benzene rings is 1. The Kier molecular flexibility index (Phi) is 5.01. The molecule has 1 aromatic heterocycles. The lowest BCUT2D eigenvalue weighted by atomic mass is 10.2. The van der Waals surface area contributed by atoms with E-state index in [-0.39, 0.29) is 5.43 Å². The zero-order valence-corrected chi connectivity index (χ0v) is 13.1. The summed E-state index contributed by atoms with van der Waals surface area (Å²) in [6, 6.07) is 5.68. The summed E-state index contributed by atoms with van der Waals surface area (Å²) in [5.74, 6) is 0.732. The molecule has 0 saturated heterocycles. The second-order valence-electron chi connectivity index (χ2n) is 4.75. The van der Waals surface area contributed by atoms with Gasteiger partial charge in [0.05, 0.1) is 12.8 Å². The minimum atomic E-state index is 0.107. The number of methoxy groups -OCH3 is 1. The molecule has 3 nitrogen and oxygen atoms in total. The fourth-order valence-electron chi connectivity index (χ4n) is 2.24. The average Bonchev–Trinajstić information content (AvgIpc) is 2.49. The van der Waals surface area contributed by atoms with Gasteiger partial charge in [-0.25, -0.2) is 0 Å². The minimum absolute atomic E-state index is 0.107. The lowest BCUT2D eigenvalue weighted by Crippen LogP contribution is -2.28. The predicted octanol–water partition coefficient (Wildman–Crippen LogP) is 3.90. The Balaban J connectivity index is 2.49. The fourth-order valence-corrected chi connectivity index (χ4v) is 3.16. The Morgan fingerprint density at radius 1 is 1.30 bits per heavy atom. The monoisotopic (exact) mass is 291 g/mol. The number of ether oxygens (including phenoxy) is 1. The molecule has 0 N–H and O–H groups in total. The van der Waals surface area contributed by atoms with Crippen LogP contribution >= 0.6 is 11.3 Å². The van der Waals surface area contributed by atoms with Gasteiger partial charge in [-0.05, 0) is 31.5 Å². The third-order valence-electron chi connectivity index (χ3n) is 3.47. The van der Waals surface area contributed by atoms with Crippen LogP contribution in [0.25, 0.3) is 10.1 Å². The summed E-state index contributed by atoms with van der Waals surface area (Å²) in [5, 5.41) is 2.73. The Morgan fingerprint density at radius 3 is 2.75 bits per heavy atom. The van der Waals surface area contributed by atoms with E-state index in [1.807, 2.05) is 23.6 Å². The van der Waals surface area contributed by atoms with E-state index in [1.54, 1.807) is 18.4 Å². The van der Waals surface area contributed by atoms with Crippen LogP contribution < -0.4 is 15.1 Å². The molecule has 4 heteroatoms. The Bertz CT molecular complexity index is 636. The first-order valence-corrected chi connectivity index (χ1v) is 7.93. The number of hydrogen-bond donors (Lipinski definition) is 0. The van der Waals surface area contributed by atoms with Crippen LogP contribution in [0.2, 0.25) is 0 Å². The van der Waals surface area contributed by atoms with Crippen molar-refractivity contribution in [2.24, 2.45) is 0 Å². The molecule has 1 heterocycles. The van der Waals surface area contributed by atoms with Gasteiger partial charge in [-0.1, -0.05) is 13.3 Å². The van der Waals surface area contributed by atoms with Crippen LogP contribution in [0.5, 0.6) is 5.75 Å². The maximum atomic E-state index is 12.7. The molecule has 0 aliphatic carbocycles. The molecule has 0 bridgehead atoms. The van der Waals surface area contributed by atoms with Crippen LogP contribution in [-0.4, -0.2) is 20.2 Å². The maximum absolute atomic E-state index is 12.7. The highest BCUT2D eigenvalue weighted by Gasteiger charge is 2.11. The van der Waals surface area contributed by atoms with Crippen LogP contribution in [0.4, 0.5) is 5.69 Å². The lowest BCUT2D eigenvalue weighted by Gasteiger charge is -2.22. The van der Waals surface area contributed by atoms with Crippen molar-refractivity contribution in [1.29, 1.82) is 0 Å². The fraction of sp³-hybridized carbons (Fsp3) is 0.438. The summed E-state index contributed by atoms with van der Waals surface area (Å²) in [6.45, 7) is 6.05. The molecule has 108 valence electrons. The summed E-state index contributed by atoms with van der Waals surface area (Å²) in [6.07, 6.45) is 2.24. The number of fused-ring (bicyclic) bond motifs is 1. The standard InChI is InChI=1S/C16H21NO2S/c1-4-6-9-17(5-2)14-11-20-15-8-7-12(19-3)10-13(15)16(14)18/h7-8,10-11H,4-6,9H2,1-3H3. The molecular formula is C16H21NO2S. The second kappa shape index (κ2) is 6.75. The number of hydrogen-bond acceptors (Lipinski definition) is 4. The third-order valence-corrected chi connectivity index (χ3v) is 4.42. The summed E-state index contributed by atoms with van der Waals surface area (Å²) >= 11 is 1.62. The SMILES string of the molecule is CCCCN(CC)c1csc2ccc(OC)cc2c1=O. The first kappa shape index (κ1) is 14.9. The van der Waals surface area contributed by atoms with Crippen LogP contribution in [0.3, 0.4) is 0 Å². The van der Waals surface area contributed by atoms with Gasteiger partial charge in [-0.2, -0.15) is 0 Å². The van der Waals surface area contributed by atoms with Gasteiger partial charge in [0.1, 0.15) is 5.75 Å². The van der Waals surface area contributed by atoms with E-state index in [0.717, 1.165) is 47.5 Å². The van der Waals surface area contributed by atoms with Crippen molar-refractivity contribution in [2.45, 2.75) is 26.7 Å². The van der Waals surface area contributed by atoms with Crippen LogP contribution in [-0.2, 0) is 0 Å². The highest BCUT2D eigenvalue weighted by molar-refractivity contribution is 7.16. The van der Waals surface area contributed by atoms with Crippen molar-refractivity contribution in [3.63, 3.8) is 0 Å². The van der Waals surface area contributed by atoms with Gasteiger partial charge >= 0.3 is 0 Å². The van der Waals surface area contributed by atoms with Gasteiger partial charge in [-0.15, -0.1) is 11.3 Å². The first-order valence-electron chi connectivity index (χ1n) is 7.05. The van der Waals surface area contributed by atoms with Crippen molar-refractivity contribution in [1.82, 2.24) is 0 Å². The highest BCUT2D eigenvalue weighted by atomic mass is 32.1. The number of anilines is 1. The smallest absolute Gasteiger partial charge is 0.211 e. The van der Waals surface area contributed by atoms with E-state index >= 15 is 0 Å². The highest BCUT2D eigenvalue weighted by Crippen LogP contribution is 2.25. The van der Waals surface area contributed by atoms with E-state index in [2.05, 4.69) is 18.7 Å². The Morgan fingerprint density at radius 2 is 2.10 bits per heavy atom. The van der Waals surface area contributed by atoms with E-state index in [0.29, 0.717) is 0 Å². The molecule has 0 aliphatic heterocycles. The molecule has 0 aliphatic rings. The van der Waals surface area contributed by atoms with Gasteiger partial charge in [-0.3, -0.25) is 4.79 Å². The van der Waals surface area contributed by atoms with Crippen molar-refractivity contribution in [3.8, 4) is 5.75 Å². The molecule has 2 aromatic rings. The zero-order valence-electron chi connectivity index (χ0n) is 12.3. The molecular weight excluding hydrogens is 270 g/mol. The number of nitrogens with zero attached hydrogens (tertiary/aromatic N) is 1. The predicted molar refractivity (Wildman–Crippen MR) is 87.4 cm³/mol. The summed E-state index contributed by atoms with van der Waals surface area (Å²) < 4.78 is 6.23. The van der Waals surface area contributed by atoms with E-state index < -0.39 is 0 Å². The van der Waals surface area contributed by atoms with E-state index in [9.17, 15) is 4.79 Å². The Hall–Kier alpha value is -1.55. The van der Waals surface area contributed by atoms with Crippen molar-refractivity contribution in [3.05, 3.63) is 33.8 Å². The Labute approximate surface area is 123 Å². The normalized spacial score (nSPS) is 10.8. The summed E-state index contributed by atoms with van der Waals surface area (Å²) in [7, 11) is 1.62. The minimum Gasteiger partial charge on any atom is -0.497 e. The van der Waals surface area contributed by atoms with Gasteiger partial charge in [0.2, 0.25) is 5.43 Å². The second-order valence-corrected chi connectivity index (χ2v) is 5.66. The molecule has 1 aromatic carbocycles. The lowest BCUT2D eigenvalue weighted by molar-refractivity contribution is 0.415. The number of unbranched alkanes of at least 4 members (excludes halogenated alkanes) is 1. The maximum Gasteiger partial charge on any atom is 0.211 e. The molecule has 0 spiro atoms. The molecule has 0 amide bonds. The van der Waals surface area contributed by atoms with Crippen LogP contribution in [0.15, 0.2) is 28.4 Å². The molecule has 0 unspecified atom stereocenters. The first-order chi connectivity index (χ1) is 9.71. The number of rotatable bonds is 6. The van der Waals surface area contributed by atoms with Gasteiger partial charge in [0, 0.05) is 28.6 Å². The largest absolute Gasteiger partial charge is 0.497 e. The molecule has 2 rings (SSSR count). The molecule has 0 saturated carbocycles. The van der Waals surface area contributed by atoms with E-state index in [1.165, 1.54) is 0 Å². The van der Waals surface area contributed by atoms with Gasteiger partial charge in [0.15, 0.2) is 0 Å². The topological polar surface area (TPSA) is 29.5 Å². The van der Waals surface area contributed by atoms with E-state index in [4.69, 9.17) is 4.74 Å². The molecule has 0 atom stereocenters. The van der Waals surface area contributed by atoms with Crippen molar-refractivity contribution >= 4 is 27.1 Å². The molecule has 0 fully saturated rings. The summed E-state index contributed by atoms with van der Waals surface area (Å²) in [5.41, 5.74) is 0.919. The van der Waals surface area contributed by atoms with Crippen LogP contribution in [0, 0.1) is 0 Å². The third kappa shape index (κ3) is 2.96. The average molecular weight is 291 g/mol. The quantitative estimate of drug-likeness (QED) is 0.808. The molecule has 0 radical (unpaired) electrons.